The molecule has 2 rings (SSSR count). The molecule has 2 N–H and O–H groups in total. The number of carbonyl (C=O) groups is 3. The van der Waals surface area contributed by atoms with E-state index in [0.29, 0.717) is 30.5 Å². The highest BCUT2D eigenvalue weighted by Crippen LogP contribution is 2.04. The highest BCUT2D eigenvalue weighted by atomic mass is 16.2. The lowest BCUT2D eigenvalue weighted by Crippen LogP contribution is -2.40. The molecule has 1 unspecified atom stereocenters. The fraction of sp³-hybridized carbons (Fsp3) is 0.250. The number of carbonyl (C=O) groups excluding carboxylic acids is 3. The number of hydrogen-bond acceptors (Lipinski definition) is 3. The van der Waals surface area contributed by atoms with Gasteiger partial charge in [0.1, 0.15) is 0 Å². The summed E-state index contributed by atoms with van der Waals surface area (Å²) in [4.78, 5) is 35.8. The molecule has 25 heavy (non-hydrogen) atoms. The Morgan fingerprint density at radius 1 is 0.840 bits per heavy atom. The van der Waals surface area contributed by atoms with Gasteiger partial charge in [-0.15, -0.1) is 0 Å². The zero-order valence-electron chi connectivity index (χ0n) is 14.2. The summed E-state index contributed by atoms with van der Waals surface area (Å²) in [5.41, 5.74) is 1.12. The Balaban J connectivity index is 1.79. The summed E-state index contributed by atoms with van der Waals surface area (Å²) >= 11 is 0. The molecular formula is C20H22N2O3. The maximum Gasteiger partial charge on any atom is 0.251 e. The van der Waals surface area contributed by atoms with Gasteiger partial charge in [-0.2, -0.15) is 0 Å². The Bertz CT molecular complexity index is 714. The average Bonchev–Trinajstić information content (AvgIpc) is 2.65. The number of Topliss-reactive ketones (excluding diaryl/α,β-unsaturated/α-hetero) is 1. The summed E-state index contributed by atoms with van der Waals surface area (Å²) in [6.07, 6.45) is 1.07. The van der Waals surface area contributed by atoms with Crippen LogP contribution < -0.4 is 10.6 Å². The van der Waals surface area contributed by atoms with Gasteiger partial charge in [-0.05, 0) is 44.0 Å². The second-order valence-electron chi connectivity index (χ2n) is 5.77. The van der Waals surface area contributed by atoms with Crippen molar-refractivity contribution in [3.05, 3.63) is 71.8 Å². The second-order valence-corrected chi connectivity index (χ2v) is 5.77. The van der Waals surface area contributed by atoms with Gasteiger partial charge >= 0.3 is 0 Å². The summed E-state index contributed by atoms with van der Waals surface area (Å²) in [5.74, 6) is -0.513. The molecule has 2 aromatic carbocycles. The van der Waals surface area contributed by atoms with Crippen LogP contribution in [0.5, 0.6) is 0 Å². The second kappa shape index (κ2) is 9.37. The Kier molecular flexibility index (Phi) is 6.89. The van der Waals surface area contributed by atoms with Crippen LogP contribution in [0.2, 0.25) is 0 Å². The van der Waals surface area contributed by atoms with E-state index in [1.165, 1.54) is 6.92 Å². The van der Waals surface area contributed by atoms with Crippen molar-refractivity contribution in [1.29, 1.82) is 0 Å². The first-order valence-electron chi connectivity index (χ1n) is 8.27. The summed E-state index contributed by atoms with van der Waals surface area (Å²) in [5, 5.41) is 5.57. The van der Waals surface area contributed by atoms with Crippen molar-refractivity contribution >= 4 is 17.6 Å². The van der Waals surface area contributed by atoms with E-state index in [0.717, 1.165) is 0 Å². The molecule has 0 aliphatic rings. The number of benzene rings is 2. The molecule has 0 fully saturated rings. The van der Waals surface area contributed by atoms with Gasteiger partial charge in [-0.3, -0.25) is 14.4 Å². The van der Waals surface area contributed by atoms with Gasteiger partial charge < -0.3 is 10.6 Å². The molecule has 0 bridgehead atoms. The van der Waals surface area contributed by atoms with Crippen LogP contribution in [0.15, 0.2) is 60.7 Å². The summed E-state index contributed by atoms with van der Waals surface area (Å²) in [6.45, 7) is 1.90. The van der Waals surface area contributed by atoms with Crippen LogP contribution in [-0.2, 0) is 4.79 Å². The van der Waals surface area contributed by atoms with E-state index in [9.17, 15) is 14.4 Å². The molecule has 5 nitrogen and oxygen atoms in total. The third kappa shape index (κ3) is 5.88. The van der Waals surface area contributed by atoms with Crippen molar-refractivity contribution in [2.75, 3.05) is 6.54 Å². The molecule has 5 heteroatoms. The number of ketones is 1. The quantitative estimate of drug-likeness (QED) is 0.727. The molecule has 2 amide bonds. The molecular weight excluding hydrogens is 316 g/mol. The van der Waals surface area contributed by atoms with Gasteiger partial charge in [0.25, 0.3) is 11.8 Å². The van der Waals surface area contributed by atoms with E-state index >= 15 is 0 Å². The summed E-state index contributed by atoms with van der Waals surface area (Å²) in [7, 11) is 0. The first-order chi connectivity index (χ1) is 12.1. The molecule has 0 radical (unpaired) electrons. The topological polar surface area (TPSA) is 75.3 Å². The van der Waals surface area contributed by atoms with Crippen LogP contribution in [0, 0.1) is 0 Å². The minimum Gasteiger partial charge on any atom is -0.352 e. The first-order valence-corrected chi connectivity index (χ1v) is 8.27. The van der Waals surface area contributed by atoms with Crippen molar-refractivity contribution in [1.82, 2.24) is 10.6 Å². The van der Waals surface area contributed by atoms with Crippen LogP contribution in [-0.4, -0.2) is 30.2 Å². The normalized spacial score (nSPS) is 11.4. The Hall–Kier alpha value is -2.95. The van der Waals surface area contributed by atoms with Crippen molar-refractivity contribution in [3.8, 4) is 0 Å². The van der Waals surface area contributed by atoms with Crippen molar-refractivity contribution < 1.29 is 14.4 Å². The van der Waals surface area contributed by atoms with Crippen molar-refractivity contribution in [2.24, 2.45) is 0 Å². The molecule has 0 spiro atoms. The predicted molar refractivity (Wildman–Crippen MR) is 96.4 cm³/mol. The number of nitrogens with one attached hydrogen (secondary N) is 2. The monoisotopic (exact) mass is 338 g/mol. The lowest BCUT2D eigenvalue weighted by Gasteiger charge is -2.16. The van der Waals surface area contributed by atoms with Gasteiger partial charge in [0.15, 0.2) is 5.78 Å². The molecule has 0 aromatic heterocycles. The van der Waals surface area contributed by atoms with Gasteiger partial charge in [0.05, 0.1) is 6.04 Å². The highest BCUT2D eigenvalue weighted by Gasteiger charge is 2.17. The van der Waals surface area contributed by atoms with E-state index in [4.69, 9.17) is 0 Å². The van der Waals surface area contributed by atoms with Crippen molar-refractivity contribution in [3.63, 3.8) is 0 Å². The third-order valence-corrected chi connectivity index (χ3v) is 3.82. The minimum atomic E-state index is -0.554. The molecule has 0 saturated heterocycles. The maximum absolute atomic E-state index is 12.2. The predicted octanol–water partition coefficient (Wildman–Crippen LogP) is 2.58. The van der Waals surface area contributed by atoms with E-state index in [2.05, 4.69) is 10.6 Å². The zero-order chi connectivity index (χ0) is 18.1. The first kappa shape index (κ1) is 18.4. The molecule has 0 heterocycles. The van der Waals surface area contributed by atoms with Crippen LogP contribution in [0.25, 0.3) is 0 Å². The standard InChI is InChI=1S/C20H22N2O3/c1-15(23)18(22-20(25)17-11-6-3-7-12-17)13-8-14-21-19(24)16-9-4-2-5-10-16/h2-7,9-12,18H,8,13-14H2,1H3,(H,21,24)(H,22,25). The van der Waals surface area contributed by atoms with Gasteiger partial charge in [0, 0.05) is 17.7 Å². The van der Waals surface area contributed by atoms with Crippen LogP contribution in [0.3, 0.4) is 0 Å². The van der Waals surface area contributed by atoms with E-state index in [1.54, 1.807) is 48.5 Å². The van der Waals surface area contributed by atoms with Gasteiger partial charge in [0.2, 0.25) is 0 Å². The van der Waals surface area contributed by atoms with E-state index in [1.807, 2.05) is 12.1 Å². The van der Waals surface area contributed by atoms with Crippen LogP contribution in [0.1, 0.15) is 40.5 Å². The minimum absolute atomic E-state index is 0.0985. The average molecular weight is 338 g/mol. The maximum atomic E-state index is 12.2. The highest BCUT2D eigenvalue weighted by molar-refractivity contribution is 5.97. The smallest absolute Gasteiger partial charge is 0.251 e. The Morgan fingerprint density at radius 3 is 1.88 bits per heavy atom. The summed E-state index contributed by atoms with van der Waals surface area (Å²) < 4.78 is 0. The van der Waals surface area contributed by atoms with Crippen molar-refractivity contribution in [2.45, 2.75) is 25.8 Å². The van der Waals surface area contributed by atoms with E-state index < -0.39 is 6.04 Å². The molecule has 2 aromatic rings. The number of rotatable bonds is 8. The van der Waals surface area contributed by atoms with Crippen LogP contribution >= 0.6 is 0 Å². The molecule has 1 atom stereocenters. The Morgan fingerprint density at radius 2 is 1.36 bits per heavy atom. The Labute approximate surface area is 147 Å². The van der Waals surface area contributed by atoms with E-state index in [-0.39, 0.29) is 17.6 Å². The van der Waals surface area contributed by atoms with Crippen LogP contribution in [0.4, 0.5) is 0 Å². The number of hydrogen-bond donors (Lipinski definition) is 2. The fourth-order valence-electron chi connectivity index (χ4n) is 2.41. The zero-order valence-corrected chi connectivity index (χ0v) is 14.2. The largest absolute Gasteiger partial charge is 0.352 e. The lowest BCUT2D eigenvalue weighted by atomic mass is 10.1. The van der Waals surface area contributed by atoms with Gasteiger partial charge in [-0.25, -0.2) is 0 Å². The lowest BCUT2D eigenvalue weighted by molar-refractivity contribution is -0.118. The SMILES string of the molecule is CC(=O)C(CCCNC(=O)c1ccccc1)NC(=O)c1ccccc1. The molecule has 0 aliphatic carbocycles. The summed E-state index contributed by atoms with van der Waals surface area (Å²) in [6, 6.07) is 17.2. The number of amides is 2. The third-order valence-electron chi connectivity index (χ3n) is 3.82. The van der Waals surface area contributed by atoms with Gasteiger partial charge in [-0.1, -0.05) is 36.4 Å². The molecule has 130 valence electrons. The molecule has 0 aliphatic heterocycles. The fourth-order valence-corrected chi connectivity index (χ4v) is 2.41. The molecule has 0 saturated carbocycles.